The second-order valence-electron chi connectivity index (χ2n) is 18.2. The number of nitrogens with one attached hydrogen (secondary N) is 4. The Morgan fingerprint density at radius 1 is 0.410 bits per heavy atom. The lowest BCUT2D eigenvalue weighted by Crippen LogP contribution is -2.66. The summed E-state index contributed by atoms with van der Waals surface area (Å²) in [6.45, 7) is 10.9. The lowest BCUT2D eigenvalue weighted by atomic mass is 9.96. The van der Waals surface area contributed by atoms with Crippen molar-refractivity contribution >= 4 is 65.1 Å². The normalized spacial score (nSPS) is 22.0. The Morgan fingerprint density at radius 3 is 1.01 bits per heavy atom. The van der Waals surface area contributed by atoms with Crippen LogP contribution in [0.25, 0.3) is 0 Å². The number of rotatable bonds is 38. The van der Waals surface area contributed by atoms with Crippen LogP contribution in [-0.2, 0) is 114 Å². The molecule has 2 fully saturated rings. The van der Waals surface area contributed by atoms with Crippen molar-refractivity contribution in [3.8, 4) is 0 Å². The van der Waals surface area contributed by atoms with E-state index in [4.69, 9.17) is 81.5 Å². The molecule has 31 heteroatoms. The molecular weight excluding hydrogens is 1110 g/mol. The fourth-order valence-corrected chi connectivity index (χ4v) is 7.99. The molecular formula is C52H79N5O26. The van der Waals surface area contributed by atoms with Gasteiger partial charge in [0.2, 0.25) is 11.8 Å². The average molecular weight is 1190 g/mol. The number of nitrogen functional groups attached to an aromatic ring is 1. The van der Waals surface area contributed by atoms with Crippen LogP contribution >= 0.6 is 0 Å². The lowest BCUT2D eigenvalue weighted by molar-refractivity contribution is -0.279. The first-order valence-corrected chi connectivity index (χ1v) is 26.5. The Bertz CT molecular complexity index is 2110. The minimum atomic E-state index is -1.25. The lowest BCUT2D eigenvalue weighted by Gasteiger charge is -2.44. The van der Waals surface area contributed by atoms with E-state index in [1.165, 1.54) is 45.9 Å². The molecule has 2 heterocycles. The van der Waals surface area contributed by atoms with Gasteiger partial charge in [-0.3, -0.25) is 47.9 Å². The number of hydrogen-bond acceptors (Lipinski definition) is 27. The highest BCUT2D eigenvalue weighted by Gasteiger charge is 2.53. The van der Waals surface area contributed by atoms with Crippen LogP contribution in [-0.4, -0.2) is 240 Å². The Kier molecular flexibility index (Phi) is 33.1. The molecule has 83 heavy (non-hydrogen) atoms. The zero-order valence-corrected chi connectivity index (χ0v) is 47.9. The number of amides is 4. The van der Waals surface area contributed by atoms with Crippen molar-refractivity contribution in [2.75, 3.05) is 125 Å². The summed E-state index contributed by atoms with van der Waals surface area (Å²) in [4.78, 5) is 121. The van der Waals surface area contributed by atoms with E-state index in [9.17, 15) is 47.9 Å². The third kappa shape index (κ3) is 28.4. The van der Waals surface area contributed by atoms with Crippen molar-refractivity contribution in [3.05, 3.63) is 29.3 Å². The molecule has 4 amide bonds. The van der Waals surface area contributed by atoms with Crippen molar-refractivity contribution < 1.29 is 124 Å². The molecule has 2 saturated heterocycles. The summed E-state index contributed by atoms with van der Waals surface area (Å²) in [5.74, 6) is -6.17. The predicted octanol–water partition coefficient (Wildman–Crippen LogP) is -1.83. The van der Waals surface area contributed by atoms with Crippen LogP contribution in [0.4, 0.5) is 5.69 Å². The topological polar surface area (TPSA) is 393 Å². The maximum atomic E-state index is 12.9. The molecule has 468 valence electrons. The van der Waals surface area contributed by atoms with Gasteiger partial charge in [-0.1, -0.05) is 0 Å². The summed E-state index contributed by atoms with van der Waals surface area (Å²) < 4.78 is 88.6. The molecule has 2 unspecified atom stereocenters. The van der Waals surface area contributed by atoms with Gasteiger partial charge in [-0.2, -0.15) is 0 Å². The van der Waals surface area contributed by atoms with E-state index < -0.39 is 121 Å². The van der Waals surface area contributed by atoms with Crippen LogP contribution in [0.5, 0.6) is 0 Å². The Balaban J connectivity index is 1.26. The number of benzene rings is 1. The Morgan fingerprint density at radius 2 is 0.711 bits per heavy atom. The third-order valence-electron chi connectivity index (χ3n) is 11.2. The smallest absolute Gasteiger partial charge is 0.303 e. The highest BCUT2D eigenvalue weighted by atomic mass is 16.7. The average Bonchev–Trinajstić information content (AvgIpc) is 3.12. The zero-order chi connectivity index (χ0) is 61.3. The second-order valence-corrected chi connectivity index (χ2v) is 18.2. The largest absolute Gasteiger partial charge is 0.463 e. The first kappa shape index (κ1) is 70.6. The molecule has 0 aliphatic carbocycles. The van der Waals surface area contributed by atoms with Gasteiger partial charge in [-0.25, -0.2) is 0 Å². The van der Waals surface area contributed by atoms with Gasteiger partial charge >= 0.3 is 35.8 Å². The van der Waals surface area contributed by atoms with Gasteiger partial charge in [-0.05, 0) is 18.2 Å². The van der Waals surface area contributed by atoms with E-state index in [1.807, 2.05) is 0 Å². The third-order valence-corrected chi connectivity index (χ3v) is 11.2. The second kappa shape index (κ2) is 39.0. The molecule has 0 saturated carbocycles. The van der Waals surface area contributed by atoms with Gasteiger partial charge in [0.25, 0.3) is 11.8 Å². The van der Waals surface area contributed by atoms with E-state index >= 15 is 0 Å². The number of hydrogen-bond donors (Lipinski definition) is 5. The van der Waals surface area contributed by atoms with Crippen LogP contribution in [0.2, 0.25) is 0 Å². The molecule has 31 nitrogen and oxygen atoms in total. The highest BCUT2D eigenvalue weighted by Crippen LogP contribution is 2.30. The molecule has 2 aliphatic heterocycles. The van der Waals surface area contributed by atoms with Gasteiger partial charge in [0.15, 0.2) is 37.0 Å². The molecule has 10 atom stereocenters. The van der Waals surface area contributed by atoms with Gasteiger partial charge in [0.05, 0.1) is 92.5 Å². The number of anilines is 1. The fourth-order valence-electron chi connectivity index (χ4n) is 7.99. The van der Waals surface area contributed by atoms with Crippen LogP contribution < -0.4 is 27.0 Å². The minimum absolute atomic E-state index is 0.0478. The molecule has 0 bridgehead atoms. The molecule has 0 spiro atoms. The highest BCUT2D eigenvalue weighted by molar-refractivity contribution is 6.01. The number of esters is 6. The zero-order valence-electron chi connectivity index (χ0n) is 47.9. The maximum Gasteiger partial charge on any atom is 0.303 e. The summed E-state index contributed by atoms with van der Waals surface area (Å²) in [7, 11) is 0. The van der Waals surface area contributed by atoms with Crippen LogP contribution in [0.15, 0.2) is 18.2 Å². The van der Waals surface area contributed by atoms with Crippen molar-refractivity contribution in [1.29, 1.82) is 0 Å². The fraction of sp³-hybridized carbons (Fsp3) is 0.692. The van der Waals surface area contributed by atoms with Crippen LogP contribution in [0.3, 0.4) is 0 Å². The number of carbonyl (C=O) groups is 10. The van der Waals surface area contributed by atoms with Crippen molar-refractivity contribution in [1.82, 2.24) is 21.3 Å². The summed E-state index contributed by atoms with van der Waals surface area (Å²) >= 11 is 0. The van der Waals surface area contributed by atoms with Crippen molar-refractivity contribution in [3.63, 3.8) is 0 Å². The molecule has 1 aromatic rings. The molecule has 3 rings (SSSR count). The predicted molar refractivity (Wildman–Crippen MR) is 280 cm³/mol. The van der Waals surface area contributed by atoms with Gasteiger partial charge in [0, 0.05) is 85.3 Å². The SMILES string of the molecule is CC(=O)N[C@H]1C(OCCOCCOCCOCCNC(=O)c2cc(N)cc(C(=O)NCCOCCOCCOCCOC3O[C@H](COC(C)=O)[C@H](OC(C)=O)[C@H](OC(C)=O)[C@H]3NC(C)=O)c2)O[C@H](COC(C)=O)[C@H](OC(C)=O)[C@@H]1OC(C)=O. The molecule has 2 aliphatic rings. The summed E-state index contributed by atoms with van der Waals surface area (Å²) in [5.41, 5.74) is 6.54. The molecule has 0 radical (unpaired) electrons. The molecule has 6 N–H and O–H groups in total. The van der Waals surface area contributed by atoms with E-state index in [1.54, 1.807) is 0 Å². The monoisotopic (exact) mass is 1190 g/mol. The van der Waals surface area contributed by atoms with Gasteiger partial charge in [0.1, 0.15) is 37.5 Å². The first-order valence-electron chi connectivity index (χ1n) is 26.5. The molecule has 1 aromatic carbocycles. The van der Waals surface area contributed by atoms with E-state index in [-0.39, 0.29) is 136 Å². The minimum Gasteiger partial charge on any atom is -0.463 e. The maximum absolute atomic E-state index is 12.9. The van der Waals surface area contributed by atoms with E-state index in [0.717, 1.165) is 27.7 Å². The number of carbonyl (C=O) groups excluding carboxylic acids is 10. The number of ether oxygens (including phenoxy) is 16. The van der Waals surface area contributed by atoms with Crippen molar-refractivity contribution in [2.45, 2.75) is 117 Å². The van der Waals surface area contributed by atoms with E-state index in [0.29, 0.717) is 0 Å². The van der Waals surface area contributed by atoms with Gasteiger partial charge in [-0.15, -0.1) is 0 Å². The Labute approximate surface area is 479 Å². The summed E-state index contributed by atoms with van der Waals surface area (Å²) in [6, 6.07) is 2.06. The first-order chi connectivity index (χ1) is 39.6. The summed E-state index contributed by atoms with van der Waals surface area (Å²) in [5, 5.41) is 10.7. The molecule has 0 aromatic heterocycles. The van der Waals surface area contributed by atoms with E-state index in [2.05, 4.69) is 21.3 Å². The number of nitrogens with two attached hydrogens (primary N) is 1. The standard InChI is InChI=1S/C52H79N5O26/c1-30(58)56-43-47(80-36(7)64)45(78-34(5)62)41(28-76-32(3)60)82-51(43)74-23-21-72-19-17-70-15-13-68-11-9-54-49(66)38-25-39(27-40(53)26-38)50(67)55-10-12-69-14-16-71-18-20-73-22-24-75-52-44(57-31(2)59)48(81-37(8)65)46(79-35(6)63)42(83-52)29-77-33(4)61/h25-27,41-48,51-52H,9-24,28-29,53H2,1-8H3,(H,54,66)(H,55,67)(H,56,58)(H,57,59)/t41-,42-,43-,44-,45+,46+,47-,48-,51?,52?/m1/s1. The summed E-state index contributed by atoms with van der Waals surface area (Å²) in [6.07, 6.45) is -9.68. The van der Waals surface area contributed by atoms with Crippen LogP contribution in [0, 0.1) is 0 Å². The Hall–Kier alpha value is -6.68. The van der Waals surface area contributed by atoms with Crippen LogP contribution in [0.1, 0.15) is 76.1 Å². The van der Waals surface area contributed by atoms with Crippen molar-refractivity contribution in [2.24, 2.45) is 0 Å². The quantitative estimate of drug-likeness (QED) is 0.0210. The van der Waals surface area contributed by atoms with Gasteiger partial charge < -0.3 is 103 Å².